The van der Waals surface area contributed by atoms with Crippen molar-refractivity contribution >= 4 is 5.91 Å². The van der Waals surface area contributed by atoms with Gasteiger partial charge in [0.25, 0.3) is 5.91 Å². The lowest BCUT2D eigenvalue weighted by Gasteiger charge is -2.26. The molecule has 0 saturated heterocycles. The zero-order chi connectivity index (χ0) is 20.5. The molecule has 0 saturated carbocycles. The second kappa shape index (κ2) is 11.1. The van der Waals surface area contributed by atoms with Gasteiger partial charge in [-0.2, -0.15) is 0 Å². The molecule has 0 radical (unpaired) electrons. The van der Waals surface area contributed by atoms with E-state index in [-0.39, 0.29) is 5.91 Å². The number of ether oxygens (including phenoxy) is 2. The number of carbonyl (C=O) groups is 1. The number of amides is 1. The average Bonchev–Trinajstić information content (AvgIpc) is 3.19. The van der Waals surface area contributed by atoms with Gasteiger partial charge in [0.1, 0.15) is 19.0 Å². The quantitative estimate of drug-likeness (QED) is 0.461. The van der Waals surface area contributed by atoms with E-state index in [9.17, 15) is 4.79 Å². The number of benzene rings is 1. The maximum Gasteiger partial charge on any atom is 0.254 e. The molecule has 0 atom stereocenters. The summed E-state index contributed by atoms with van der Waals surface area (Å²) in [4.78, 5) is 15.2. The lowest BCUT2D eigenvalue weighted by Crippen LogP contribution is -2.35. The zero-order valence-electron chi connectivity index (χ0n) is 18.0. The molecule has 1 amide bonds. The van der Waals surface area contributed by atoms with Crippen LogP contribution < -0.4 is 4.74 Å². The van der Waals surface area contributed by atoms with Crippen LogP contribution in [0, 0.1) is 5.92 Å². The molecule has 2 aliphatic rings. The van der Waals surface area contributed by atoms with Gasteiger partial charge in [-0.3, -0.25) is 4.79 Å². The first-order valence-corrected chi connectivity index (χ1v) is 11.2. The molecule has 0 aromatic heterocycles. The average molecular weight is 398 g/mol. The summed E-state index contributed by atoms with van der Waals surface area (Å²) < 4.78 is 11.5. The van der Waals surface area contributed by atoms with E-state index in [2.05, 4.69) is 24.8 Å². The predicted octanol–water partition coefficient (Wildman–Crippen LogP) is 5.53. The van der Waals surface area contributed by atoms with Gasteiger partial charge in [-0.15, -0.1) is 0 Å². The van der Waals surface area contributed by atoms with Crippen LogP contribution in [-0.2, 0) is 11.2 Å². The number of rotatable bonds is 11. The van der Waals surface area contributed by atoms with Gasteiger partial charge in [-0.1, -0.05) is 38.8 Å². The van der Waals surface area contributed by atoms with Crippen LogP contribution in [0.2, 0.25) is 0 Å². The van der Waals surface area contributed by atoms with Gasteiger partial charge < -0.3 is 14.4 Å². The molecule has 0 N–H and O–H groups in total. The van der Waals surface area contributed by atoms with Crippen LogP contribution in [0.5, 0.6) is 5.75 Å². The maximum absolute atomic E-state index is 13.2. The van der Waals surface area contributed by atoms with Crippen LogP contribution >= 0.6 is 0 Å². The van der Waals surface area contributed by atoms with Gasteiger partial charge in [0.15, 0.2) is 0 Å². The Balaban J connectivity index is 1.57. The summed E-state index contributed by atoms with van der Waals surface area (Å²) in [6.07, 6.45) is 13.7. The Morgan fingerprint density at radius 3 is 2.62 bits per heavy atom. The highest BCUT2D eigenvalue weighted by Crippen LogP contribution is 2.25. The van der Waals surface area contributed by atoms with E-state index in [1.165, 1.54) is 25.7 Å². The van der Waals surface area contributed by atoms with Crippen molar-refractivity contribution in [3.8, 4) is 5.75 Å². The third-order valence-corrected chi connectivity index (χ3v) is 5.72. The largest absolute Gasteiger partial charge is 0.494 e. The molecular formula is C25H35NO3. The molecule has 29 heavy (non-hydrogen) atoms. The first kappa shape index (κ1) is 21.5. The molecule has 0 fully saturated rings. The first-order chi connectivity index (χ1) is 14.2. The Labute approximate surface area is 175 Å². The molecule has 1 aliphatic heterocycles. The third kappa shape index (κ3) is 6.12. The van der Waals surface area contributed by atoms with E-state index in [0.29, 0.717) is 19.1 Å². The fraction of sp³-hybridized carbons (Fsp3) is 0.560. The van der Waals surface area contributed by atoms with E-state index >= 15 is 0 Å². The molecule has 1 heterocycles. The summed E-state index contributed by atoms with van der Waals surface area (Å²) in [7, 11) is 0. The minimum atomic E-state index is 0.185. The number of hydrogen-bond acceptors (Lipinski definition) is 3. The van der Waals surface area contributed by atoms with Crippen LogP contribution in [0.4, 0.5) is 0 Å². The number of allylic oxidation sites excluding steroid dienone is 3. The van der Waals surface area contributed by atoms with Crippen molar-refractivity contribution in [1.82, 2.24) is 4.90 Å². The monoisotopic (exact) mass is 397 g/mol. The first-order valence-electron chi connectivity index (χ1n) is 11.2. The van der Waals surface area contributed by atoms with Gasteiger partial charge in [-0.05, 0) is 61.4 Å². The van der Waals surface area contributed by atoms with Crippen molar-refractivity contribution in [2.24, 2.45) is 5.92 Å². The zero-order valence-corrected chi connectivity index (χ0v) is 18.0. The predicted molar refractivity (Wildman–Crippen MR) is 117 cm³/mol. The fourth-order valence-corrected chi connectivity index (χ4v) is 4.30. The molecule has 1 aliphatic carbocycles. The molecule has 3 rings (SSSR count). The summed E-state index contributed by atoms with van der Waals surface area (Å²) in [6.45, 7) is 7.25. The van der Waals surface area contributed by atoms with Crippen LogP contribution in [0.15, 0.2) is 42.2 Å². The van der Waals surface area contributed by atoms with Gasteiger partial charge in [-0.25, -0.2) is 0 Å². The summed E-state index contributed by atoms with van der Waals surface area (Å²) in [5, 5.41) is 0. The van der Waals surface area contributed by atoms with Crippen LogP contribution in [0.3, 0.4) is 0 Å². The minimum Gasteiger partial charge on any atom is -0.494 e. The highest BCUT2D eigenvalue weighted by Gasteiger charge is 2.24. The van der Waals surface area contributed by atoms with Crippen LogP contribution in [-0.4, -0.2) is 37.1 Å². The summed E-state index contributed by atoms with van der Waals surface area (Å²) in [5.41, 5.74) is 1.96. The molecule has 4 nitrogen and oxygen atoms in total. The second-order valence-corrected chi connectivity index (χ2v) is 8.08. The third-order valence-electron chi connectivity index (χ3n) is 5.72. The van der Waals surface area contributed by atoms with Crippen LogP contribution in [0.1, 0.15) is 68.3 Å². The molecule has 1 aromatic carbocycles. The number of fused-ring (bicyclic) bond motifs is 1. The van der Waals surface area contributed by atoms with Gasteiger partial charge in [0.05, 0.1) is 5.76 Å². The summed E-state index contributed by atoms with van der Waals surface area (Å²) in [6, 6.07) is 5.92. The Kier molecular flexibility index (Phi) is 8.21. The van der Waals surface area contributed by atoms with E-state index in [1.54, 1.807) is 0 Å². The number of nitrogens with zero attached hydrogens (tertiary/aromatic N) is 1. The molecule has 1 aromatic rings. The Morgan fingerprint density at radius 2 is 1.90 bits per heavy atom. The van der Waals surface area contributed by atoms with E-state index in [4.69, 9.17) is 9.47 Å². The minimum absolute atomic E-state index is 0.185. The number of carbonyl (C=O) groups excluding carboxylic acids is 1. The van der Waals surface area contributed by atoms with Crippen molar-refractivity contribution < 1.29 is 14.3 Å². The lowest BCUT2D eigenvalue weighted by molar-refractivity contribution is 0.0726. The van der Waals surface area contributed by atoms with Gasteiger partial charge in [0, 0.05) is 25.1 Å². The summed E-state index contributed by atoms with van der Waals surface area (Å²) in [5.74, 6) is 2.61. The van der Waals surface area contributed by atoms with Gasteiger partial charge in [0.2, 0.25) is 0 Å². The van der Waals surface area contributed by atoms with Gasteiger partial charge >= 0.3 is 0 Å². The number of aryl methyl sites for hydroxylation is 1. The van der Waals surface area contributed by atoms with Crippen molar-refractivity contribution in [3.63, 3.8) is 0 Å². The molecule has 0 unspecified atom stereocenters. The standard InChI is InChI=1S/C25H35NO3/c1-3-8-20(9-4-2)19-26-15-7-10-21-18-23(13-14-24(21)25(26)27)29-17-16-28-22-11-5-6-12-22/h5-6,11,13-14,18,20H,3-4,7-10,12,15-17,19H2,1-2H3. The maximum atomic E-state index is 13.2. The SMILES string of the molecule is CCCC(CCC)CN1CCCc2cc(OCCOC3=CC=CC3)ccc2C1=O. The fourth-order valence-electron chi connectivity index (χ4n) is 4.30. The molecular weight excluding hydrogens is 362 g/mol. The lowest BCUT2D eigenvalue weighted by atomic mass is 9.97. The number of hydrogen-bond donors (Lipinski definition) is 0. The topological polar surface area (TPSA) is 38.8 Å². The van der Waals surface area contributed by atoms with E-state index < -0.39 is 0 Å². The van der Waals surface area contributed by atoms with Crippen LogP contribution in [0.25, 0.3) is 0 Å². The van der Waals surface area contributed by atoms with Crippen molar-refractivity contribution in [3.05, 3.63) is 53.3 Å². The highest BCUT2D eigenvalue weighted by atomic mass is 16.5. The Morgan fingerprint density at radius 1 is 1.10 bits per heavy atom. The molecule has 158 valence electrons. The highest BCUT2D eigenvalue weighted by molar-refractivity contribution is 5.96. The van der Waals surface area contributed by atoms with Crippen molar-refractivity contribution in [1.29, 1.82) is 0 Å². The van der Waals surface area contributed by atoms with E-state index in [1.807, 2.05) is 30.4 Å². The van der Waals surface area contributed by atoms with Crippen molar-refractivity contribution in [2.45, 2.75) is 58.8 Å². The molecule has 0 bridgehead atoms. The van der Waals surface area contributed by atoms with Crippen molar-refractivity contribution in [2.75, 3.05) is 26.3 Å². The Hall–Kier alpha value is -2.23. The molecule has 0 spiro atoms. The van der Waals surface area contributed by atoms with E-state index in [0.717, 1.165) is 55.0 Å². The summed E-state index contributed by atoms with van der Waals surface area (Å²) >= 11 is 0. The smallest absolute Gasteiger partial charge is 0.254 e. The second-order valence-electron chi connectivity index (χ2n) is 8.08. The Bertz CT molecular complexity index is 732. The normalized spacial score (nSPS) is 16.0. The molecule has 4 heteroatoms.